The van der Waals surface area contributed by atoms with Crippen LogP contribution in [0.25, 0.3) is 11.2 Å². The van der Waals surface area contributed by atoms with Crippen molar-refractivity contribution in [2.45, 2.75) is 26.5 Å². The molecule has 0 fully saturated rings. The summed E-state index contributed by atoms with van der Waals surface area (Å²) >= 11 is 5.88. The van der Waals surface area contributed by atoms with Gasteiger partial charge < -0.3 is 14.6 Å². The molecule has 2 heterocycles. The summed E-state index contributed by atoms with van der Waals surface area (Å²) in [6.45, 7) is 3.85. The number of aryl methyl sites for hydroxylation is 3. The SMILES string of the molecule is Cc1ccc(Oc2nc3c(c(=O)[nH]c(=O)n3C)n2C[C@H](O)COc2ccc(Cl)cc2)cc1C. The fourth-order valence-corrected chi connectivity index (χ4v) is 3.46. The quantitative estimate of drug-likeness (QED) is 0.429. The molecule has 0 saturated heterocycles. The van der Waals surface area contributed by atoms with Crippen molar-refractivity contribution in [1.82, 2.24) is 19.1 Å². The minimum Gasteiger partial charge on any atom is -0.491 e. The first-order valence-corrected chi connectivity index (χ1v) is 10.6. The van der Waals surface area contributed by atoms with Gasteiger partial charge >= 0.3 is 11.7 Å². The predicted octanol–water partition coefficient (Wildman–Crippen LogP) is 2.93. The van der Waals surface area contributed by atoms with Crippen molar-refractivity contribution in [1.29, 1.82) is 0 Å². The summed E-state index contributed by atoms with van der Waals surface area (Å²) in [5.74, 6) is 1.06. The molecule has 0 aliphatic heterocycles. The van der Waals surface area contributed by atoms with Crippen LogP contribution in [0.3, 0.4) is 0 Å². The van der Waals surface area contributed by atoms with Crippen LogP contribution in [0, 0.1) is 13.8 Å². The summed E-state index contributed by atoms with van der Waals surface area (Å²) < 4.78 is 14.3. The fraction of sp³-hybridized carbons (Fsp3) is 0.261. The van der Waals surface area contributed by atoms with Crippen LogP contribution in [0.1, 0.15) is 11.1 Å². The van der Waals surface area contributed by atoms with Crippen molar-refractivity contribution in [2.75, 3.05) is 6.61 Å². The maximum absolute atomic E-state index is 12.6. The molecule has 2 aromatic carbocycles. The smallest absolute Gasteiger partial charge is 0.329 e. The van der Waals surface area contributed by atoms with Gasteiger partial charge in [0.2, 0.25) is 0 Å². The zero-order chi connectivity index (χ0) is 23.7. The predicted molar refractivity (Wildman–Crippen MR) is 125 cm³/mol. The molecule has 2 aromatic heterocycles. The van der Waals surface area contributed by atoms with E-state index in [-0.39, 0.29) is 30.3 Å². The Morgan fingerprint density at radius 2 is 1.79 bits per heavy atom. The molecule has 0 radical (unpaired) electrons. The lowest BCUT2D eigenvalue weighted by molar-refractivity contribution is 0.0915. The summed E-state index contributed by atoms with van der Waals surface area (Å²) in [4.78, 5) is 31.3. The lowest BCUT2D eigenvalue weighted by Gasteiger charge is -2.15. The van der Waals surface area contributed by atoms with Gasteiger partial charge in [0.15, 0.2) is 11.2 Å². The number of hydrogen-bond donors (Lipinski definition) is 2. The third-order valence-electron chi connectivity index (χ3n) is 5.31. The van der Waals surface area contributed by atoms with Gasteiger partial charge in [0, 0.05) is 12.1 Å². The van der Waals surface area contributed by atoms with Crippen molar-refractivity contribution >= 4 is 22.8 Å². The van der Waals surface area contributed by atoms with Crippen LogP contribution in [0.2, 0.25) is 5.02 Å². The summed E-state index contributed by atoms with van der Waals surface area (Å²) in [7, 11) is 1.50. The Balaban J connectivity index is 1.68. The van der Waals surface area contributed by atoms with Crippen LogP contribution < -0.4 is 20.7 Å². The van der Waals surface area contributed by atoms with E-state index in [4.69, 9.17) is 21.1 Å². The standard InChI is InChI=1S/C23H23ClN4O5/c1-13-4-7-18(10-14(13)2)33-23-25-20-19(21(30)26-22(31)27(20)3)28(23)11-16(29)12-32-17-8-5-15(24)6-9-17/h4-10,16,29H,11-12H2,1-3H3,(H,26,30,31)/t16-/m0/s1. The molecule has 1 atom stereocenters. The van der Waals surface area contributed by atoms with Gasteiger partial charge in [-0.15, -0.1) is 0 Å². The molecule has 172 valence electrons. The van der Waals surface area contributed by atoms with Crippen LogP contribution in [0.15, 0.2) is 52.1 Å². The normalized spacial score (nSPS) is 12.2. The molecule has 4 rings (SSSR count). The molecule has 9 nitrogen and oxygen atoms in total. The minimum absolute atomic E-state index is 0.0476. The zero-order valence-electron chi connectivity index (χ0n) is 18.3. The third-order valence-corrected chi connectivity index (χ3v) is 5.56. The molecule has 0 unspecified atom stereocenters. The van der Waals surface area contributed by atoms with E-state index < -0.39 is 17.4 Å². The van der Waals surface area contributed by atoms with Crippen LogP contribution in [-0.4, -0.2) is 36.9 Å². The number of halogens is 1. The van der Waals surface area contributed by atoms with E-state index >= 15 is 0 Å². The molecule has 10 heteroatoms. The van der Waals surface area contributed by atoms with E-state index in [0.29, 0.717) is 16.5 Å². The van der Waals surface area contributed by atoms with E-state index in [9.17, 15) is 14.7 Å². The number of rotatable bonds is 7. The Morgan fingerprint density at radius 3 is 2.48 bits per heavy atom. The largest absolute Gasteiger partial charge is 0.491 e. The molecular weight excluding hydrogens is 448 g/mol. The first-order valence-electron chi connectivity index (χ1n) is 10.2. The van der Waals surface area contributed by atoms with E-state index in [1.54, 1.807) is 30.3 Å². The average Bonchev–Trinajstić information content (AvgIpc) is 3.12. The van der Waals surface area contributed by atoms with Crippen molar-refractivity contribution in [3.05, 3.63) is 79.5 Å². The van der Waals surface area contributed by atoms with Gasteiger partial charge in [0.25, 0.3) is 5.56 Å². The molecular formula is C23H23ClN4O5. The molecule has 4 aromatic rings. The van der Waals surface area contributed by atoms with Gasteiger partial charge in [0.1, 0.15) is 24.2 Å². The zero-order valence-corrected chi connectivity index (χ0v) is 19.1. The molecule has 0 aliphatic carbocycles. The number of aliphatic hydroxyl groups is 1. The topological polar surface area (TPSA) is 111 Å². The highest BCUT2D eigenvalue weighted by molar-refractivity contribution is 6.30. The number of benzene rings is 2. The molecule has 0 amide bonds. The van der Waals surface area contributed by atoms with Crippen LogP contribution >= 0.6 is 11.6 Å². The Kier molecular flexibility index (Phi) is 6.26. The summed E-state index contributed by atoms with van der Waals surface area (Å²) in [5.41, 5.74) is 1.17. The monoisotopic (exact) mass is 470 g/mol. The first-order chi connectivity index (χ1) is 15.7. The summed E-state index contributed by atoms with van der Waals surface area (Å²) in [6.07, 6.45) is -1.00. The lowest BCUT2D eigenvalue weighted by atomic mass is 10.1. The molecule has 2 N–H and O–H groups in total. The van der Waals surface area contributed by atoms with Crippen molar-refractivity contribution in [3.63, 3.8) is 0 Å². The number of imidazole rings is 1. The molecule has 0 spiro atoms. The second kappa shape index (κ2) is 9.13. The van der Waals surface area contributed by atoms with Gasteiger partial charge in [-0.1, -0.05) is 17.7 Å². The first kappa shape index (κ1) is 22.6. The Labute approximate surface area is 193 Å². The number of aliphatic hydroxyl groups excluding tert-OH is 1. The highest BCUT2D eigenvalue weighted by atomic mass is 35.5. The average molecular weight is 471 g/mol. The molecule has 33 heavy (non-hydrogen) atoms. The Hall–Kier alpha value is -3.56. The lowest BCUT2D eigenvalue weighted by Crippen LogP contribution is -2.30. The Bertz CT molecular complexity index is 1420. The third kappa shape index (κ3) is 4.79. The van der Waals surface area contributed by atoms with E-state index in [1.165, 1.54) is 16.2 Å². The second-order valence-corrected chi connectivity index (χ2v) is 8.20. The number of nitrogens with zero attached hydrogens (tertiary/aromatic N) is 3. The maximum Gasteiger partial charge on any atom is 0.329 e. The summed E-state index contributed by atoms with van der Waals surface area (Å²) in [6, 6.07) is 12.4. The van der Waals surface area contributed by atoms with E-state index in [2.05, 4.69) is 9.97 Å². The van der Waals surface area contributed by atoms with Gasteiger partial charge in [0.05, 0.1) is 6.54 Å². The van der Waals surface area contributed by atoms with Crippen molar-refractivity contribution in [2.24, 2.45) is 7.05 Å². The van der Waals surface area contributed by atoms with Gasteiger partial charge in [-0.3, -0.25) is 18.9 Å². The second-order valence-electron chi connectivity index (χ2n) is 7.76. The number of aromatic nitrogens is 4. The highest BCUT2D eigenvalue weighted by Gasteiger charge is 2.21. The van der Waals surface area contributed by atoms with Gasteiger partial charge in [-0.05, 0) is 61.4 Å². The molecule has 0 aliphatic rings. The fourth-order valence-electron chi connectivity index (χ4n) is 3.33. The number of hydrogen-bond acceptors (Lipinski definition) is 6. The van der Waals surface area contributed by atoms with E-state index in [0.717, 1.165) is 11.1 Å². The van der Waals surface area contributed by atoms with Crippen LogP contribution in [0.5, 0.6) is 17.5 Å². The minimum atomic E-state index is -1.00. The molecule has 0 bridgehead atoms. The van der Waals surface area contributed by atoms with Crippen molar-refractivity contribution < 1.29 is 14.6 Å². The number of aromatic amines is 1. The maximum atomic E-state index is 12.6. The van der Waals surface area contributed by atoms with Crippen LogP contribution in [-0.2, 0) is 13.6 Å². The van der Waals surface area contributed by atoms with Crippen LogP contribution in [0.4, 0.5) is 0 Å². The Morgan fingerprint density at radius 1 is 1.09 bits per heavy atom. The number of fused-ring (bicyclic) bond motifs is 1. The molecule has 0 saturated carbocycles. The summed E-state index contributed by atoms with van der Waals surface area (Å²) in [5, 5.41) is 11.2. The number of nitrogens with one attached hydrogen (secondary N) is 1. The van der Waals surface area contributed by atoms with Crippen molar-refractivity contribution in [3.8, 4) is 17.5 Å². The number of ether oxygens (including phenoxy) is 2. The van der Waals surface area contributed by atoms with Gasteiger partial charge in [-0.25, -0.2) is 4.79 Å². The number of H-pyrrole nitrogens is 1. The highest BCUT2D eigenvalue weighted by Crippen LogP contribution is 2.26. The van der Waals surface area contributed by atoms with E-state index in [1.807, 2.05) is 26.0 Å². The van der Waals surface area contributed by atoms with Gasteiger partial charge in [-0.2, -0.15) is 4.98 Å².